The number of hydrogen-bond acceptors (Lipinski definition) is 10. The number of aromatic nitrogens is 3. The molecule has 4 aliphatic heterocycles. The Hall–Kier alpha value is -4.21. The highest BCUT2D eigenvalue weighted by Gasteiger charge is 2.44. The molecule has 0 aliphatic carbocycles. The third-order valence-corrected chi connectivity index (χ3v) is 9.53. The smallest absolute Gasteiger partial charge is 0.316 e. The average molecular weight is 633 g/mol. The molecule has 0 amide bonds. The van der Waals surface area contributed by atoms with Crippen molar-refractivity contribution in [1.29, 1.82) is 0 Å². The van der Waals surface area contributed by atoms with Gasteiger partial charge in [-0.1, -0.05) is 12.0 Å². The largest absolute Gasteiger partial charge is 0.488 e. The number of benzene rings is 1. The molecule has 6 heterocycles. The lowest BCUT2D eigenvalue weighted by molar-refractivity contribution is 0.0985. The normalized spacial score (nSPS) is 27.4. The minimum absolute atomic E-state index is 0.162. The van der Waals surface area contributed by atoms with Crippen molar-refractivity contribution in [2.24, 2.45) is 0 Å². The molecule has 4 aliphatic rings. The molecule has 242 valence electrons. The Morgan fingerprint density at radius 2 is 2.00 bits per heavy atom. The van der Waals surface area contributed by atoms with Gasteiger partial charge in [0.15, 0.2) is 5.75 Å². The van der Waals surface area contributed by atoms with E-state index in [-0.39, 0.29) is 43.2 Å². The molecule has 46 heavy (non-hydrogen) atoms. The van der Waals surface area contributed by atoms with Crippen LogP contribution in [0.3, 0.4) is 0 Å². The van der Waals surface area contributed by atoms with Gasteiger partial charge in [0.1, 0.15) is 31.0 Å². The van der Waals surface area contributed by atoms with E-state index in [4.69, 9.17) is 25.6 Å². The molecular formula is C34H38F2N6O4. The zero-order chi connectivity index (χ0) is 32.0. The van der Waals surface area contributed by atoms with Gasteiger partial charge in [0.05, 0.1) is 78.5 Å². The lowest BCUT2D eigenvalue weighted by Gasteiger charge is -2.41. The van der Waals surface area contributed by atoms with E-state index in [0.717, 1.165) is 23.6 Å². The topological polar surface area (TPSA) is 96.3 Å². The summed E-state index contributed by atoms with van der Waals surface area (Å²) in [6, 6.07) is 7.14. The van der Waals surface area contributed by atoms with Crippen molar-refractivity contribution in [3.8, 4) is 24.1 Å². The fourth-order valence-electron chi connectivity index (χ4n) is 7.22. The summed E-state index contributed by atoms with van der Waals surface area (Å²) in [7, 11) is 0. The van der Waals surface area contributed by atoms with Gasteiger partial charge >= 0.3 is 6.01 Å². The number of pyridine rings is 1. The van der Waals surface area contributed by atoms with Gasteiger partial charge in [-0.05, 0) is 37.6 Å². The van der Waals surface area contributed by atoms with Gasteiger partial charge in [0.25, 0.3) is 0 Å². The summed E-state index contributed by atoms with van der Waals surface area (Å²) >= 11 is 0. The second kappa shape index (κ2) is 12.2. The lowest BCUT2D eigenvalue weighted by Crippen LogP contribution is -2.50. The van der Waals surface area contributed by atoms with Gasteiger partial charge in [-0.2, -0.15) is 9.97 Å². The van der Waals surface area contributed by atoms with Gasteiger partial charge in [-0.25, -0.2) is 13.8 Å². The Balaban J connectivity index is 1.06. The molecule has 12 heteroatoms. The Kier molecular flexibility index (Phi) is 8.07. The molecule has 2 aromatic heterocycles. The van der Waals surface area contributed by atoms with Crippen LogP contribution in [0.4, 0.5) is 26.0 Å². The van der Waals surface area contributed by atoms with Crippen LogP contribution in [-0.4, -0.2) is 96.0 Å². The maximum absolute atomic E-state index is 14.9. The summed E-state index contributed by atoms with van der Waals surface area (Å²) in [4.78, 5) is 19.9. The van der Waals surface area contributed by atoms with Crippen LogP contribution in [0.1, 0.15) is 37.1 Å². The van der Waals surface area contributed by atoms with Crippen LogP contribution >= 0.6 is 0 Å². The molecule has 0 spiro atoms. The average Bonchev–Trinajstić information content (AvgIpc) is 3.37. The first-order valence-electron chi connectivity index (χ1n) is 15.8. The van der Waals surface area contributed by atoms with E-state index in [2.05, 4.69) is 27.7 Å². The molecule has 0 radical (unpaired) electrons. The molecule has 1 N–H and O–H groups in total. The van der Waals surface area contributed by atoms with Crippen molar-refractivity contribution >= 4 is 17.2 Å². The highest BCUT2D eigenvalue weighted by Crippen LogP contribution is 2.38. The zero-order valence-corrected chi connectivity index (χ0v) is 26.0. The van der Waals surface area contributed by atoms with Gasteiger partial charge in [0.2, 0.25) is 0 Å². The number of alkyl halides is 1. The Morgan fingerprint density at radius 1 is 1.13 bits per heavy atom. The second-order valence-corrected chi connectivity index (χ2v) is 12.9. The highest BCUT2D eigenvalue weighted by atomic mass is 19.1. The van der Waals surface area contributed by atoms with Crippen molar-refractivity contribution in [2.45, 2.75) is 63.0 Å². The number of anilines is 3. The van der Waals surface area contributed by atoms with Gasteiger partial charge < -0.3 is 34.0 Å². The molecule has 7 rings (SSSR count). The quantitative estimate of drug-likeness (QED) is 0.408. The van der Waals surface area contributed by atoms with Gasteiger partial charge in [0, 0.05) is 32.4 Å². The van der Waals surface area contributed by atoms with E-state index in [9.17, 15) is 13.9 Å². The Bertz CT molecular complexity index is 1640. The third-order valence-electron chi connectivity index (χ3n) is 9.53. The van der Waals surface area contributed by atoms with Crippen LogP contribution in [0.15, 0.2) is 36.7 Å². The second-order valence-electron chi connectivity index (χ2n) is 12.9. The zero-order valence-electron chi connectivity index (χ0n) is 26.0. The number of β-amino-alcohol motifs (C(OH)–C–C–N with tert-alkyl or cyclic N) is 1. The first-order chi connectivity index (χ1) is 22.2. The van der Waals surface area contributed by atoms with Gasteiger partial charge in [-0.15, -0.1) is 6.42 Å². The molecule has 1 aromatic carbocycles. The third kappa shape index (κ3) is 5.67. The van der Waals surface area contributed by atoms with Crippen LogP contribution in [0, 0.1) is 18.2 Å². The fraction of sp³-hybridized carbons (Fsp3) is 0.500. The lowest BCUT2D eigenvalue weighted by atomic mass is 9.93. The van der Waals surface area contributed by atoms with Crippen molar-refractivity contribution in [3.63, 3.8) is 0 Å². The van der Waals surface area contributed by atoms with E-state index >= 15 is 0 Å². The number of aliphatic hydroxyl groups excluding tert-OH is 1. The predicted octanol–water partition coefficient (Wildman–Crippen LogP) is 3.33. The molecule has 3 aromatic rings. The summed E-state index contributed by atoms with van der Waals surface area (Å²) in [5, 5.41) is 10.6. The molecule has 0 saturated carbocycles. The first kappa shape index (κ1) is 30.4. The Morgan fingerprint density at radius 3 is 2.78 bits per heavy atom. The number of ether oxygens (including phenoxy) is 3. The van der Waals surface area contributed by atoms with E-state index < -0.39 is 23.6 Å². The summed E-state index contributed by atoms with van der Waals surface area (Å²) in [6.07, 6.45) is 8.58. The van der Waals surface area contributed by atoms with Crippen LogP contribution in [0.5, 0.6) is 11.8 Å². The molecule has 0 bridgehead atoms. The number of rotatable bonds is 6. The van der Waals surface area contributed by atoms with Crippen molar-refractivity contribution in [3.05, 3.63) is 59.3 Å². The maximum Gasteiger partial charge on any atom is 0.316 e. The van der Waals surface area contributed by atoms with Crippen molar-refractivity contribution in [1.82, 2.24) is 15.0 Å². The molecule has 2 fully saturated rings. The molecule has 2 saturated heterocycles. The first-order valence-corrected chi connectivity index (χ1v) is 15.8. The predicted molar refractivity (Wildman–Crippen MR) is 169 cm³/mol. The number of halogens is 2. The minimum atomic E-state index is -1.02. The summed E-state index contributed by atoms with van der Waals surface area (Å²) in [5.74, 6) is 3.44. The van der Waals surface area contributed by atoms with E-state index in [1.807, 2.05) is 28.9 Å². The maximum atomic E-state index is 14.9. The number of hydrogen-bond donors (Lipinski definition) is 1. The van der Waals surface area contributed by atoms with Crippen LogP contribution in [-0.2, 0) is 17.6 Å². The summed E-state index contributed by atoms with van der Waals surface area (Å²) in [6.45, 7) is 7.18. The fourth-order valence-corrected chi connectivity index (χ4v) is 7.22. The van der Waals surface area contributed by atoms with Crippen molar-refractivity contribution < 1.29 is 28.1 Å². The summed E-state index contributed by atoms with van der Waals surface area (Å²) < 4.78 is 47.3. The van der Waals surface area contributed by atoms with E-state index in [0.29, 0.717) is 56.3 Å². The standard InChI is InChI=1S/C34H38F2N6O4/c1-4-27-28(36)7-5-22-11-26(43)17-41(32(22)27)25-12-29-30(45-19-25)15-38-33(39-29)46-20-34(3)13-23(35)16-42(34)24-6-8-31(37-14-24)40-9-10-44-18-21(40)2/h1,5-8,14-15,21,23,25-26,43H,9-13,16-20H2,2-3H3/t21-,23-,25-,26-,34+/m1/s1. The van der Waals surface area contributed by atoms with Crippen LogP contribution in [0.2, 0.25) is 0 Å². The van der Waals surface area contributed by atoms with Crippen LogP contribution in [0.25, 0.3) is 0 Å². The number of aliphatic hydroxyl groups is 1. The van der Waals surface area contributed by atoms with E-state index in [1.165, 1.54) is 6.07 Å². The molecule has 10 nitrogen and oxygen atoms in total. The molecular weight excluding hydrogens is 594 g/mol. The number of fused-ring (bicyclic) bond motifs is 2. The SMILES string of the molecule is C#Cc1c(F)ccc2c1N([C@H]1COc3cnc(OC[C@]4(C)C[C@@H](F)CN4c4ccc(N5CCOC[C@H]5C)nc4)nc3C1)C[C@H](O)C2. The minimum Gasteiger partial charge on any atom is -0.488 e. The van der Waals surface area contributed by atoms with Crippen LogP contribution < -0.4 is 24.2 Å². The Labute approximate surface area is 267 Å². The summed E-state index contributed by atoms with van der Waals surface area (Å²) in [5.41, 5.74) is 2.40. The van der Waals surface area contributed by atoms with Crippen molar-refractivity contribution in [2.75, 3.05) is 60.8 Å². The van der Waals surface area contributed by atoms with Gasteiger partial charge in [-0.3, -0.25) is 0 Å². The monoisotopic (exact) mass is 632 g/mol. The molecule has 5 atom stereocenters. The highest BCUT2D eigenvalue weighted by molar-refractivity contribution is 5.68. The van der Waals surface area contributed by atoms with E-state index in [1.54, 1.807) is 18.5 Å². The molecule has 0 unspecified atom stereocenters. The number of terminal acetylenes is 1. The number of morpholine rings is 1. The number of nitrogens with zero attached hydrogens (tertiary/aromatic N) is 6.